The molecule has 0 spiro atoms. The number of pyridine rings is 1. The SMILES string of the molecule is CC(C)C(c1ccc2c(c1)OC(c1cnc(-c3ccncc3)cn1)CC2)C1CC1. The highest BCUT2D eigenvalue weighted by Gasteiger charge is 2.35. The fraction of sp³-hybridized carbons (Fsp3) is 0.400. The molecular weight excluding hydrogens is 358 g/mol. The van der Waals surface area contributed by atoms with Gasteiger partial charge in [0.1, 0.15) is 11.9 Å². The zero-order valence-electron chi connectivity index (χ0n) is 17.1. The molecule has 1 aliphatic heterocycles. The van der Waals surface area contributed by atoms with Crippen LogP contribution in [-0.4, -0.2) is 15.0 Å². The molecule has 3 aromatic rings. The first kappa shape index (κ1) is 18.3. The van der Waals surface area contributed by atoms with Crippen molar-refractivity contribution in [1.29, 1.82) is 0 Å². The number of rotatable bonds is 5. The summed E-state index contributed by atoms with van der Waals surface area (Å²) in [4.78, 5) is 13.3. The van der Waals surface area contributed by atoms with Gasteiger partial charge < -0.3 is 4.74 Å². The summed E-state index contributed by atoms with van der Waals surface area (Å²) in [7, 11) is 0. The smallest absolute Gasteiger partial charge is 0.142 e. The van der Waals surface area contributed by atoms with Gasteiger partial charge >= 0.3 is 0 Å². The normalized spacial score (nSPS) is 19.5. The molecule has 0 bridgehead atoms. The molecule has 0 saturated heterocycles. The van der Waals surface area contributed by atoms with Crippen LogP contribution in [0.4, 0.5) is 0 Å². The maximum atomic E-state index is 6.42. The first-order valence-corrected chi connectivity index (χ1v) is 10.7. The number of aromatic nitrogens is 3. The van der Waals surface area contributed by atoms with Gasteiger partial charge in [0.05, 0.1) is 23.8 Å². The Labute approximate surface area is 172 Å². The van der Waals surface area contributed by atoms with Crippen LogP contribution in [0.3, 0.4) is 0 Å². The van der Waals surface area contributed by atoms with Crippen LogP contribution in [0.25, 0.3) is 11.3 Å². The highest BCUT2D eigenvalue weighted by atomic mass is 16.5. The molecule has 2 atom stereocenters. The maximum absolute atomic E-state index is 6.42. The minimum Gasteiger partial charge on any atom is -0.484 e. The summed E-state index contributed by atoms with van der Waals surface area (Å²) in [6, 6.07) is 10.8. The van der Waals surface area contributed by atoms with Crippen LogP contribution in [-0.2, 0) is 6.42 Å². The number of nitrogens with zero attached hydrogens (tertiary/aromatic N) is 3. The number of aryl methyl sites for hydroxylation is 1. The second-order valence-electron chi connectivity index (χ2n) is 8.68. The van der Waals surface area contributed by atoms with Gasteiger partial charge in [0.2, 0.25) is 0 Å². The van der Waals surface area contributed by atoms with Gasteiger partial charge in [-0.25, -0.2) is 0 Å². The minimum atomic E-state index is -0.0323. The summed E-state index contributed by atoms with van der Waals surface area (Å²) in [6.45, 7) is 4.68. The first-order chi connectivity index (χ1) is 14.2. The van der Waals surface area contributed by atoms with Crippen LogP contribution in [0.1, 0.15) is 62.0 Å². The van der Waals surface area contributed by atoms with Crippen LogP contribution in [0.5, 0.6) is 5.75 Å². The molecule has 1 aromatic carbocycles. The maximum Gasteiger partial charge on any atom is 0.142 e. The fourth-order valence-corrected chi connectivity index (χ4v) is 4.63. The Morgan fingerprint density at radius 3 is 2.48 bits per heavy atom. The van der Waals surface area contributed by atoms with Crippen LogP contribution in [0, 0.1) is 11.8 Å². The highest BCUT2D eigenvalue weighted by Crippen LogP contribution is 2.48. The molecule has 148 valence electrons. The Bertz CT molecular complexity index is 979. The standard InChI is InChI=1S/C25H27N3O/c1-16(2)25(19-4-5-19)20-6-3-18-7-8-23(29-24(18)13-20)22-15-27-21(14-28-22)17-9-11-26-12-10-17/h3,6,9-16,19,23,25H,4-5,7-8H2,1-2H3. The third-order valence-corrected chi connectivity index (χ3v) is 6.25. The number of benzene rings is 1. The molecule has 0 amide bonds. The van der Waals surface area contributed by atoms with Crippen LogP contribution in [0.2, 0.25) is 0 Å². The highest BCUT2D eigenvalue weighted by molar-refractivity contribution is 5.56. The fourth-order valence-electron chi connectivity index (χ4n) is 4.63. The summed E-state index contributed by atoms with van der Waals surface area (Å²) >= 11 is 0. The lowest BCUT2D eigenvalue weighted by Gasteiger charge is -2.28. The monoisotopic (exact) mass is 385 g/mol. The van der Waals surface area contributed by atoms with E-state index in [4.69, 9.17) is 4.74 Å². The molecule has 1 saturated carbocycles. The van der Waals surface area contributed by atoms with Crippen molar-refractivity contribution in [2.75, 3.05) is 0 Å². The van der Waals surface area contributed by atoms with Crippen molar-refractivity contribution in [3.63, 3.8) is 0 Å². The molecule has 1 aliphatic carbocycles. The van der Waals surface area contributed by atoms with E-state index in [1.54, 1.807) is 12.4 Å². The molecule has 29 heavy (non-hydrogen) atoms. The van der Waals surface area contributed by atoms with Crippen molar-refractivity contribution in [3.8, 4) is 17.0 Å². The van der Waals surface area contributed by atoms with Crippen molar-refractivity contribution in [2.45, 2.75) is 51.6 Å². The van der Waals surface area contributed by atoms with Crippen molar-refractivity contribution in [3.05, 3.63) is 71.9 Å². The zero-order chi connectivity index (χ0) is 19.8. The van der Waals surface area contributed by atoms with Crippen molar-refractivity contribution in [1.82, 2.24) is 15.0 Å². The average Bonchev–Trinajstić information content (AvgIpc) is 3.59. The van der Waals surface area contributed by atoms with Gasteiger partial charge in [-0.1, -0.05) is 26.0 Å². The van der Waals surface area contributed by atoms with Gasteiger partial charge in [-0.2, -0.15) is 0 Å². The Morgan fingerprint density at radius 2 is 1.79 bits per heavy atom. The number of hydrogen-bond donors (Lipinski definition) is 0. The molecule has 1 fully saturated rings. The van der Waals surface area contributed by atoms with E-state index in [9.17, 15) is 0 Å². The van der Waals surface area contributed by atoms with Gasteiger partial charge in [0, 0.05) is 18.0 Å². The lowest BCUT2D eigenvalue weighted by Crippen LogP contribution is -2.17. The molecule has 4 nitrogen and oxygen atoms in total. The van der Waals surface area contributed by atoms with Crippen LogP contribution < -0.4 is 4.74 Å². The lowest BCUT2D eigenvalue weighted by atomic mass is 9.83. The molecule has 4 heteroatoms. The largest absolute Gasteiger partial charge is 0.484 e. The van der Waals surface area contributed by atoms with Gasteiger partial charge in [-0.05, 0) is 72.8 Å². The van der Waals surface area contributed by atoms with Crippen molar-refractivity contribution >= 4 is 0 Å². The molecule has 2 aliphatic rings. The molecule has 2 aromatic heterocycles. The number of hydrogen-bond acceptors (Lipinski definition) is 4. The Hall–Kier alpha value is -2.75. The van der Waals surface area contributed by atoms with Crippen LogP contribution in [0.15, 0.2) is 55.1 Å². The molecule has 5 rings (SSSR count). The summed E-state index contributed by atoms with van der Waals surface area (Å²) in [5.74, 6) is 3.18. The lowest BCUT2D eigenvalue weighted by molar-refractivity contribution is 0.171. The zero-order valence-corrected chi connectivity index (χ0v) is 17.1. The second-order valence-corrected chi connectivity index (χ2v) is 8.68. The third-order valence-electron chi connectivity index (χ3n) is 6.25. The number of ether oxygens (including phenoxy) is 1. The Morgan fingerprint density at radius 1 is 0.966 bits per heavy atom. The Kier molecular flexibility index (Phi) is 4.78. The quantitative estimate of drug-likeness (QED) is 0.561. The molecule has 3 heterocycles. The van der Waals surface area contributed by atoms with Crippen molar-refractivity contribution < 1.29 is 4.74 Å². The molecule has 2 unspecified atom stereocenters. The predicted octanol–water partition coefficient (Wildman–Crippen LogP) is 5.75. The van der Waals surface area contributed by atoms with E-state index in [0.717, 1.165) is 41.5 Å². The van der Waals surface area contributed by atoms with Gasteiger partial charge in [0.25, 0.3) is 0 Å². The summed E-state index contributed by atoms with van der Waals surface area (Å²) in [5, 5.41) is 0. The first-order valence-electron chi connectivity index (χ1n) is 10.7. The summed E-state index contributed by atoms with van der Waals surface area (Å²) in [5.41, 5.74) is 5.53. The molecule has 0 N–H and O–H groups in total. The average molecular weight is 386 g/mol. The molecular formula is C25H27N3O. The van der Waals surface area contributed by atoms with E-state index in [2.05, 4.69) is 47.0 Å². The van der Waals surface area contributed by atoms with Crippen molar-refractivity contribution in [2.24, 2.45) is 11.8 Å². The van der Waals surface area contributed by atoms with E-state index in [0.29, 0.717) is 11.8 Å². The van der Waals surface area contributed by atoms with E-state index in [1.165, 1.54) is 24.0 Å². The van der Waals surface area contributed by atoms with Crippen LogP contribution >= 0.6 is 0 Å². The van der Waals surface area contributed by atoms with Gasteiger partial charge in [-0.15, -0.1) is 0 Å². The third kappa shape index (κ3) is 3.76. The minimum absolute atomic E-state index is 0.0323. The number of fused-ring (bicyclic) bond motifs is 1. The van der Waals surface area contributed by atoms with E-state index in [-0.39, 0.29) is 6.10 Å². The Balaban J connectivity index is 1.37. The summed E-state index contributed by atoms with van der Waals surface area (Å²) in [6.07, 6.45) is 11.9. The predicted molar refractivity (Wildman–Crippen MR) is 114 cm³/mol. The van der Waals surface area contributed by atoms with E-state index in [1.807, 2.05) is 24.5 Å². The summed E-state index contributed by atoms with van der Waals surface area (Å²) < 4.78 is 6.42. The topological polar surface area (TPSA) is 47.9 Å². The van der Waals surface area contributed by atoms with E-state index >= 15 is 0 Å². The van der Waals surface area contributed by atoms with Gasteiger partial charge in [0.15, 0.2) is 0 Å². The van der Waals surface area contributed by atoms with E-state index < -0.39 is 0 Å². The van der Waals surface area contributed by atoms with Gasteiger partial charge in [-0.3, -0.25) is 15.0 Å². The second kappa shape index (κ2) is 7.58. The molecule has 0 radical (unpaired) electrons.